The Bertz CT molecular complexity index is 859. The highest BCUT2D eigenvalue weighted by Gasteiger charge is 2.08. The lowest BCUT2D eigenvalue weighted by Crippen LogP contribution is -1.92. The summed E-state index contributed by atoms with van der Waals surface area (Å²) in [5.41, 5.74) is 10.2. The number of aryl methyl sites for hydroxylation is 1. The fourth-order valence-corrected chi connectivity index (χ4v) is 2.22. The van der Waals surface area contributed by atoms with Crippen LogP contribution < -0.4 is 5.73 Å². The molecule has 0 amide bonds. The topological polar surface area (TPSA) is 82.0 Å². The fourth-order valence-electron chi connectivity index (χ4n) is 2.22. The number of benzene rings is 2. The number of hydrogen-bond donors (Lipinski definition) is 1. The molecule has 5 heteroatoms. The Labute approximate surface area is 121 Å². The molecule has 0 atom stereocenters. The molecule has 0 fully saturated rings. The van der Waals surface area contributed by atoms with Gasteiger partial charge in [-0.2, -0.15) is 0 Å². The first-order valence-corrected chi connectivity index (χ1v) is 6.46. The Hall–Kier alpha value is -2.95. The predicted molar refractivity (Wildman–Crippen MR) is 83.0 cm³/mol. The summed E-state index contributed by atoms with van der Waals surface area (Å²) in [7, 11) is 0. The summed E-state index contributed by atoms with van der Waals surface area (Å²) >= 11 is 0. The molecule has 104 valence electrons. The third-order valence-corrected chi connectivity index (χ3v) is 3.45. The quantitative estimate of drug-likeness (QED) is 0.440. The highest BCUT2D eigenvalue weighted by molar-refractivity contribution is 5.83. The highest BCUT2D eigenvalue weighted by atomic mass is 16.6. The maximum absolute atomic E-state index is 10.8. The van der Waals surface area contributed by atoms with Crippen LogP contribution in [0.4, 0.5) is 11.4 Å². The minimum atomic E-state index is -0.406. The van der Waals surface area contributed by atoms with Gasteiger partial charge in [0.15, 0.2) is 0 Å². The lowest BCUT2D eigenvalue weighted by molar-refractivity contribution is -0.384. The van der Waals surface area contributed by atoms with E-state index in [4.69, 9.17) is 5.73 Å². The van der Waals surface area contributed by atoms with E-state index in [1.54, 1.807) is 6.07 Å². The number of nitrogens with two attached hydrogens (primary N) is 1. The first kappa shape index (κ1) is 13.1. The predicted octanol–water partition coefficient (Wildman–Crippen LogP) is 3.70. The van der Waals surface area contributed by atoms with Crippen LogP contribution in [-0.4, -0.2) is 9.91 Å². The zero-order chi connectivity index (χ0) is 15.0. The number of anilines is 1. The van der Waals surface area contributed by atoms with Gasteiger partial charge in [-0.25, -0.2) is 4.98 Å². The lowest BCUT2D eigenvalue weighted by atomic mass is 10.1. The number of hydrogen-bond acceptors (Lipinski definition) is 4. The number of non-ortho nitro benzene ring substituents is 1. The van der Waals surface area contributed by atoms with E-state index >= 15 is 0 Å². The van der Waals surface area contributed by atoms with Crippen LogP contribution in [0.1, 0.15) is 5.56 Å². The van der Waals surface area contributed by atoms with E-state index in [1.807, 2.05) is 37.3 Å². The Morgan fingerprint density at radius 2 is 1.90 bits per heavy atom. The molecule has 3 rings (SSSR count). The maximum atomic E-state index is 10.8. The summed E-state index contributed by atoms with van der Waals surface area (Å²) in [6, 6.07) is 14.1. The Balaban J connectivity index is 2.10. The van der Waals surface area contributed by atoms with Crippen molar-refractivity contribution < 1.29 is 4.92 Å². The van der Waals surface area contributed by atoms with Gasteiger partial charge in [0.05, 0.1) is 16.1 Å². The third-order valence-electron chi connectivity index (χ3n) is 3.45. The lowest BCUT2D eigenvalue weighted by Gasteiger charge is -2.06. The number of fused-ring (bicyclic) bond motifs is 1. The van der Waals surface area contributed by atoms with Gasteiger partial charge in [0.1, 0.15) is 0 Å². The first-order valence-electron chi connectivity index (χ1n) is 6.46. The second-order valence-electron chi connectivity index (χ2n) is 4.90. The van der Waals surface area contributed by atoms with E-state index in [2.05, 4.69) is 4.98 Å². The van der Waals surface area contributed by atoms with Crippen molar-refractivity contribution in [3.8, 4) is 11.3 Å². The van der Waals surface area contributed by atoms with Crippen molar-refractivity contribution in [2.45, 2.75) is 6.92 Å². The molecule has 2 aromatic carbocycles. The van der Waals surface area contributed by atoms with E-state index < -0.39 is 4.92 Å². The second-order valence-corrected chi connectivity index (χ2v) is 4.90. The van der Waals surface area contributed by atoms with Gasteiger partial charge < -0.3 is 5.73 Å². The number of nitrogen functional groups attached to an aromatic ring is 1. The summed E-state index contributed by atoms with van der Waals surface area (Å²) < 4.78 is 0. The molecule has 1 heterocycles. The number of nitro groups is 1. The summed E-state index contributed by atoms with van der Waals surface area (Å²) in [6.45, 7) is 1.95. The van der Waals surface area contributed by atoms with Crippen LogP contribution in [0.25, 0.3) is 22.2 Å². The van der Waals surface area contributed by atoms with Crippen LogP contribution in [0.2, 0.25) is 0 Å². The monoisotopic (exact) mass is 279 g/mol. The molecular weight excluding hydrogens is 266 g/mol. The zero-order valence-electron chi connectivity index (χ0n) is 11.4. The number of rotatable bonds is 2. The van der Waals surface area contributed by atoms with Crippen molar-refractivity contribution in [3.63, 3.8) is 0 Å². The SMILES string of the molecule is Cc1cc(-c2ccc3cc([N+](=O)[O-])ccc3n2)ccc1N. The molecule has 5 nitrogen and oxygen atoms in total. The van der Waals surface area contributed by atoms with Crippen molar-refractivity contribution >= 4 is 22.3 Å². The van der Waals surface area contributed by atoms with E-state index in [-0.39, 0.29) is 5.69 Å². The van der Waals surface area contributed by atoms with Crippen molar-refractivity contribution in [2.24, 2.45) is 0 Å². The fraction of sp³-hybridized carbons (Fsp3) is 0.0625. The standard InChI is InChI=1S/C16H13N3O2/c1-10-8-11(2-5-14(10)17)15-6-3-12-9-13(19(20)21)4-7-16(12)18-15/h2-9H,17H2,1H3. The van der Waals surface area contributed by atoms with Gasteiger partial charge in [0, 0.05) is 28.8 Å². The molecule has 0 saturated heterocycles. The van der Waals surface area contributed by atoms with Crippen LogP contribution in [0.3, 0.4) is 0 Å². The molecule has 0 aliphatic carbocycles. The van der Waals surface area contributed by atoms with Crippen LogP contribution in [0.15, 0.2) is 48.5 Å². The van der Waals surface area contributed by atoms with Crippen LogP contribution in [0.5, 0.6) is 0 Å². The van der Waals surface area contributed by atoms with Gasteiger partial charge in [-0.05, 0) is 36.8 Å². The molecule has 0 saturated carbocycles. The Morgan fingerprint density at radius 1 is 1.10 bits per heavy atom. The third kappa shape index (κ3) is 2.41. The average Bonchev–Trinajstić information content (AvgIpc) is 2.49. The van der Waals surface area contributed by atoms with Crippen molar-refractivity contribution in [2.75, 3.05) is 5.73 Å². The Kier molecular flexibility index (Phi) is 3.02. The van der Waals surface area contributed by atoms with Crippen molar-refractivity contribution in [3.05, 3.63) is 64.2 Å². The van der Waals surface area contributed by atoms with Crippen molar-refractivity contribution in [1.82, 2.24) is 4.98 Å². The molecule has 21 heavy (non-hydrogen) atoms. The zero-order valence-corrected chi connectivity index (χ0v) is 11.4. The average molecular weight is 279 g/mol. The number of aromatic nitrogens is 1. The number of nitro benzene ring substituents is 1. The summed E-state index contributed by atoms with van der Waals surface area (Å²) in [6.07, 6.45) is 0. The van der Waals surface area contributed by atoms with E-state index in [0.717, 1.165) is 33.4 Å². The van der Waals surface area contributed by atoms with Crippen molar-refractivity contribution in [1.29, 1.82) is 0 Å². The van der Waals surface area contributed by atoms with E-state index in [1.165, 1.54) is 12.1 Å². The molecule has 0 bridgehead atoms. The molecule has 0 aliphatic rings. The van der Waals surface area contributed by atoms with Crippen LogP contribution >= 0.6 is 0 Å². The largest absolute Gasteiger partial charge is 0.399 e. The molecule has 1 aromatic heterocycles. The molecule has 3 aromatic rings. The molecule has 0 radical (unpaired) electrons. The molecule has 0 unspecified atom stereocenters. The minimum Gasteiger partial charge on any atom is -0.399 e. The number of pyridine rings is 1. The summed E-state index contributed by atoms with van der Waals surface area (Å²) in [4.78, 5) is 14.9. The minimum absolute atomic E-state index is 0.0698. The van der Waals surface area contributed by atoms with Crippen LogP contribution in [0, 0.1) is 17.0 Å². The molecule has 2 N–H and O–H groups in total. The van der Waals surface area contributed by atoms with Gasteiger partial charge in [-0.15, -0.1) is 0 Å². The van der Waals surface area contributed by atoms with Crippen LogP contribution in [-0.2, 0) is 0 Å². The second kappa shape index (κ2) is 4.86. The van der Waals surface area contributed by atoms with Gasteiger partial charge in [0.25, 0.3) is 5.69 Å². The highest BCUT2D eigenvalue weighted by Crippen LogP contribution is 2.25. The van der Waals surface area contributed by atoms with Gasteiger partial charge in [-0.1, -0.05) is 12.1 Å². The normalized spacial score (nSPS) is 10.7. The van der Waals surface area contributed by atoms with Gasteiger partial charge in [-0.3, -0.25) is 10.1 Å². The number of nitrogens with zero attached hydrogens (tertiary/aromatic N) is 2. The van der Waals surface area contributed by atoms with Gasteiger partial charge in [0.2, 0.25) is 0 Å². The van der Waals surface area contributed by atoms with E-state index in [9.17, 15) is 10.1 Å². The summed E-state index contributed by atoms with van der Waals surface area (Å²) in [5, 5.41) is 11.5. The van der Waals surface area contributed by atoms with E-state index in [0.29, 0.717) is 0 Å². The summed E-state index contributed by atoms with van der Waals surface area (Å²) in [5.74, 6) is 0. The maximum Gasteiger partial charge on any atom is 0.270 e. The molecular formula is C16H13N3O2. The molecule has 0 spiro atoms. The Morgan fingerprint density at radius 3 is 2.62 bits per heavy atom. The smallest absolute Gasteiger partial charge is 0.270 e. The van der Waals surface area contributed by atoms with Gasteiger partial charge >= 0.3 is 0 Å². The first-order chi connectivity index (χ1) is 10.0. The molecule has 0 aliphatic heterocycles.